The molecule has 0 atom stereocenters. The number of hydrogen-bond acceptors (Lipinski definition) is 5. The average Bonchev–Trinajstić information content (AvgIpc) is 3.23. The molecule has 5 nitrogen and oxygen atoms in total. The highest BCUT2D eigenvalue weighted by molar-refractivity contribution is 6.00. The third kappa shape index (κ3) is 5.85. The normalized spacial score (nSPS) is 11.1. The summed E-state index contributed by atoms with van der Waals surface area (Å²) in [6, 6.07) is 61.5. The summed E-state index contributed by atoms with van der Waals surface area (Å²) in [6.07, 6.45) is 0. The summed E-state index contributed by atoms with van der Waals surface area (Å²) in [4.78, 5) is 20.5. The molecule has 0 fully saturated rings. The first-order valence-electron chi connectivity index (χ1n) is 17.1. The Bertz CT molecular complexity index is 2770. The summed E-state index contributed by atoms with van der Waals surface area (Å²) in [7, 11) is 0. The van der Waals surface area contributed by atoms with Crippen LogP contribution >= 0.6 is 0 Å². The average molecular weight is 664 g/mol. The predicted molar refractivity (Wildman–Crippen MR) is 210 cm³/mol. The molecule has 52 heavy (non-hydrogen) atoms. The van der Waals surface area contributed by atoms with E-state index in [1.54, 1.807) is 0 Å². The van der Waals surface area contributed by atoms with Gasteiger partial charge in [0.2, 0.25) is 0 Å². The highest BCUT2D eigenvalue weighted by Gasteiger charge is 2.17. The summed E-state index contributed by atoms with van der Waals surface area (Å²) in [5.41, 5.74) is 12.7. The maximum absolute atomic E-state index is 9.51. The maximum Gasteiger partial charge on any atom is 0.160 e. The molecular formula is C47H29N5. The van der Waals surface area contributed by atoms with Crippen molar-refractivity contribution in [1.29, 1.82) is 5.26 Å². The van der Waals surface area contributed by atoms with Crippen molar-refractivity contribution >= 4 is 21.8 Å². The molecule has 0 radical (unpaired) electrons. The van der Waals surface area contributed by atoms with Crippen molar-refractivity contribution in [2.45, 2.75) is 0 Å². The molecule has 0 saturated heterocycles. The fourth-order valence-corrected chi connectivity index (χ4v) is 6.67. The molecule has 7 aromatic carbocycles. The van der Waals surface area contributed by atoms with E-state index in [2.05, 4.69) is 103 Å². The minimum Gasteiger partial charge on any atom is -0.244 e. The van der Waals surface area contributed by atoms with Gasteiger partial charge in [-0.05, 0) is 52.2 Å². The summed E-state index contributed by atoms with van der Waals surface area (Å²) in [5, 5.41) is 11.5. The van der Waals surface area contributed by atoms with Gasteiger partial charge in [-0.2, -0.15) is 5.26 Å². The Morgan fingerprint density at radius 2 is 0.923 bits per heavy atom. The van der Waals surface area contributed by atoms with Crippen LogP contribution in [-0.4, -0.2) is 19.9 Å². The van der Waals surface area contributed by atoms with Gasteiger partial charge in [-0.3, -0.25) is 0 Å². The number of rotatable bonds is 6. The molecular weight excluding hydrogens is 635 g/mol. The second-order valence-electron chi connectivity index (χ2n) is 12.6. The number of para-hydroxylation sites is 2. The Hall–Kier alpha value is -7.29. The molecule has 0 aliphatic heterocycles. The largest absolute Gasteiger partial charge is 0.244 e. The molecule has 9 aromatic rings. The third-order valence-corrected chi connectivity index (χ3v) is 9.34. The molecule has 2 aromatic heterocycles. The van der Waals surface area contributed by atoms with Crippen molar-refractivity contribution < 1.29 is 0 Å². The molecule has 0 spiro atoms. The van der Waals surface area contributed by atoms with Crippen LogP contribution in [-0.2, 0) is 0 Å². The van der Waals surface area contributed by atoms with Crippen LogP contribution in [0.5, 0.6) is 0 Å². The topological polar surface area (TPSA) is 75.3 Å². The van der Waals surface area contributed by atoms with Crippen molar-refractivity contribution in [3.8, 4) is 73.6 Å². The Morgan fingerprint density at radius 3 is 1.60 bits per heavy atom. The second-order valence-corrected chi connectivity index (χ2v) is 12.6. The molecule has 5 heteroatoms. The number of benzene rings is 7. The Labute approximate surface area is 301 Å². The molecule has 0 aliphatic carbocycles. The summed E-state index contributed by atoms with van der Waals surface area (Å²) in [5.74, 6) is 0.641. The van der Waals surface area contributed by atoms with E-state index in [4.69, 9.17) is 19.9 Å². The van der Waals surface area contributed by atoms with Crippen LogP contribution in [0, 0.1) is 11.3 Å². The molecule has 0 amide bonds. The zero-order chi connectivity index (χ0) is 34.9. The lowest BCUT2D eigenvalue weighted by molar-refractivity contribution is 1.18. The van der Waals surface area contributed by atoms with Crippen LogP contribution in [0.2, 0.25) is 0 Å². The van der Waals surface area contributed by atoms with E-state index in [0.717, 1.165) is 78.0 Å². The van der Waals surface area contributed by atoms with Crippen LogP contribution in [0.15, 0.2) is 176 Å². The molecule has 0 unspecified atom stereocenters. The van der Waals surface area contributed by atoms with E-state index >= 15 is 0 Å². The first-order chi connectivity index (χ1) is 25.7. The van der Waals surface area contributed by atoms with Crippen LogP contribution < -0.4 is 0 Å². The molecule has 9 rings (SSSR count). The van der Waals surface area contributed by atoms with Gasteiger partial charge in [0.1, 0.15) is 0 Å². The lowest BCUT2D eigenvalue weighted by atomic mass is 9.96. The quantitative estimate of drug-likeness (QED) is 0.177. The zero-order valence-electron chi connectivity index (χ0n) is 28.0. The van der Waals surface area contributed by atoms with Gasteiger partial charge in [0.15, 0.2) is 5.82 Å². The number of hydrogen-bond donors (Lipinski definition) is 0. The standard InChI is InChI=1S/C47H29N5/c48-30-31-18-27-39-38(28-31)14-9-15-40(39)46-45(49-41-16-7-8-17-42(41)50-46)36-23-25-37(26-24-36)47-51-43(34-12-5-2-6-13-34)29-44(52-47)35-21-19-33(20-22-35)32-10-3-1-4-11-32/h1-29H. The number of aromatic nitrogens is 4. The van der Waals surface area contributed by atoms with Crippen LogP contribution in [0.4, 0.5) is 0 Å². The van der Waals surface area contributed by atoms with E-state index in [1.165, 1.54) is 5.56 Å². The Kier molecular flexibility index (Phi) is 7.81. The van der Waals surface area contributed by atoms with E-state index in [9.17, 15) is 5.26 Å². The first kappa shape index (κ1) is 30.7. The molecule has 0 saturated carbocycles. The molecule has 0 N–H and O–H groups in total. The van der Waals surface area contributed by atoms with Gasteiger partial charge < -0.3 is 0 Å². The number of nitriles is 1. The van der Waals surface area contributed by atoms with E-state index in [0.29, 0.717) is 11.4 Å². The lowest BCUT2D eigenvalue weighted by Gasteiger charge is -2.14. The van der Waals surface area contributed by atoms with Gasteiger partial charge in [-0.25, -0.2) is 19.9 Å². The van der Waals surface area contributed by atoms with Gasteiger partial charge in [-0.15, -0.1) is 0 Å². The lowest BCUT2D eigenvalue weighted by Crippen LogP contribution is -1.97. The summed E-state index contributed by atoms with van der Waals surface area (Å²) < 4.78 is 0. The van der Waals surface area contributed by atoms with E-state index < -0.39 is 0 Å². The van der Waals surface area contributed by atoms with Crippen molar-refractivity contribution in [3.63, 3.8) is 0 Å². The first-order valence-corrected chi connectivity index (χ1v) is 17.1. The summed E-state index contributed by atoms with van der Waals surface area (Å²) in [6.45, 7) is 0. The molecule has 0 bridgehead atoms. The van der Waals surface area contributed by atoms with Crippen molar-refractivity contribution in [2.75, 3.05) is 0 Å². The van der Waals surface area contributed by atoms with Gasteiger partial charge in [0, 0.05) is 27.8 Å². The summed E-state index contributed by atoms with van der Waals surface area (Å²) >= 11 is 0. The van der Waals surface area contributed by atoms with E-state index in [1.807, 2.05) is 78.9 Å². The SMILES string of the molecule is N#Cc1ccc2c(-c3nc4ccccc4nc3-c3ccc(-c4nc(-c5ccccc5)cc(-c5ccc(-c6ccccc6)cc5)n4)cc3)cccc2c1. The van der Waals surface area contributed by atoms with Crippen molar-refractivity contribution in [3.05, 3.63) is 181 Å². The van der Waals surface area contributed by atoms with Crippen LogP contribution in [0.25, 0.3) is 89.4 Å². The van der Waals surface area contributed by atoms with Crippen molar-refractivity contribution in [1.82, 2.24) is 19.9 Å². The van der Waals surface area contributed by atoms with Crippen LogP contribution in [0.3, 0.4) is 0 Å². The van der Waals surface area contributed by atoms with Gasteiger partial charge >= 0.3 is 0 Å². The fourth-order valence-electron chi connectivity index (χ4n) is 6.67. The van der Waals surface area contributed by atoms with Crippen molar-refractivity contribution in [2.24, 2.45) is 0 Å². The molecule has 0 aliphatic rings. The highest BCUT2D eigenvalue weighted by Crippen LogP contribution is 2.37. The smallest absolute Gasteiger partial charge is 0.160 e. The number of fused-ring (bicyclic) bond motifs is 2. The Balaban J connectivity index is 1.15. The van der Waals surface area contributed by atoms with Gasteiger partial charge in [-0.1, -0.05) is 146 Å². The monoisotopic (exact) mass is 663 g/mol. The molecule has 2 heterocycles. The van der Waals surface area contributed by atoms with Gasteiger partial charge in [0.25, 0.3) is 0 Å². The minimum atomic E-state index is 0.621. The molecule has 242 valence electrons. The van der Waals surface area contributed by atoms with Crippen LogP contribution in [0.1, 0.15) is 5.56 Å². The zero-order valence-corrected chi connectivity index (χ0v) is 28.0. The third-order valence-electron chi connectivity index (χ3n) is 9.34. The maximum atomic E-state index is 9.51. The second kappa shape index (κ2) is 13.2. The highest BCUT2D eigenvalue weighted by atomic mass is 14.9. The fraction of sp³-hybridized carbons (Fsp3) is 0. The minimum absolute atomic E-state index is 0.621. The van der Waals surface area contributed by atoms with E-state index in [-0.39, 0.29) is 0 Å². The predicted octanol–water partition coefficient (Wildman–Crippen LogP) is 11.4. The van der Waals surface area contributed by atoms with Gasteiger partial charge in [0.05, 0.1) is 45.4 Å². The number of nitrogens with zero attached hydrogens (tertiary/aromatic N) is 5. The Morgan fingerprint density at radius 1 is 0.385 bits per heavy atom.